The molecule has 1 aliphatic rings. The van der Waals surface area contributed by atoms with E-state index in [0.717, 1.165) is 27.7 Å². The fourth-order valence-corrected chi connectivity index (χ4v) is 5.15. The number of benzene rings is 2. The van der Waals surface area contributed by atoms with E-state index in [0.29, 0.717) is 32.8 Å². The maximum atomic E-state index is 12.8. The van der Waals surface area contributed by atoms with E-state index in [1.54, 1.807) is 6.20 Å². The molecule has 0 amide bonds. The molecule has 3 aromatic rings. The molecule has 0 unspecified atom stereocenters. The van der Waals surface area contributed by atoms with E-state index >= 15 is 0 Å². The Morgan fingerprint density at radius 2 is 1.83 bits per heavy atom. The number of morpholine rings is 1. The van der Waals surface area contributed by atoms with E-state index in [2.05, 4.69) is 23.3 Å². The van der Waals surface area contributed by atoms with E-state index in [-0.39, 0.29) is 5.75 Å². The Kier molecular flexibility index (Phi) is 5.80. The van der Waals surface area contributed by atoms with Gasteiger partial charge in [-0.2, -0.15) is 4.31 Å². The number of hydrogen-bond acceptors (Lipinski definition) is 5. The Morgan fingerprint density at radius 3 is 2.62 bits per heavy atom. The molecule has 1 aliphatic heterocycles. The third-order valence-electron chi connectivity index (χ3n) is 5.19. The van der Waals surface area contributed by atoms with Gasteiger partial charge in [0.25, 0.3) is 0 Å². The molecule has 1 fully saturated rings. The number of aromatic nitrogens is 1. The van der Waals surface area contributed by atoms with Gasteiger partial charge in [-0.15, -0.1) is 0 Å². The summed E-state index contributed by atoms with van der Waals surface area (Å²) in [5, 5.41) is 4.53. The van der Waals surface area contributed by atoms with Crippen LogP contribution >= 0.6 is 0 Å². The first-order valence-electron chi connectivity index (χ1n) is 9.74. The van der Waals surface area contributed by atoms with Gasteiger partial charge in [0.15, 0.2) is 0 Å². The molecular formula is C22H25N3O3S. The smallest absolute Gasteiger partial charge is 0.218 e. The van der Waals surface area contributed by atoms with Crippen molar-refractivity contribution in [2.24, 2.45) is 0 Å². The normalized spacial score (nSPS) is 15.5. The molecule has 0 saturated carbocycles. The summed E-state index contributed by atoms with van der Waals surface area (Å²) in [4.78, 5) is 4.42. The molecule has 0 radical (unpaired) electrons. The fourth-order valence-electron chi connectivity index (χ4n) is 3.59. The molecule has 1 saturated heterocycles. The molecule has 6 nitrogen and oxygen atoms in total. The molecule has 0 spiro atoms. The van der Waals surface area contributed by atoms with Crippen LogP contribution in [-0.2, 0) is 27.1 Å². The molecule has 29 heavy (non-hydrogen) atoms. The average molecular weight is 412 g/mol. The Labute approximate surface area is 171 Å². The lowest BCUT2D eigenvalue weighted by molar-refractivity contribution is 0.0729. The van der Waals surface area contributed by atoms with Crippen molar-refractivity contribution in [2.45, 2.75) is 19.2 Å². The molecule has 7 heteroatoms. The van der Waals surface area contributed by atoms with Gasteiger partial charge in [-0.05, 0) is 36.2 Å². The van der Waals surface area contributed by atoms with Crippen LogP contribution < -0.4 is 5.32 Å². The number of nitrogens with zero attached hydrogens (tertiary/aromatic N) is 2. The highest BCUT2D eigenvalue weighted by Crippen LogP contribution is 2.24. The van der Waals surface area contributed by atoms with Crippen molar-refractivity contribution in [1.29, 1.82) is 0 Å². The second-order valence-electron chi connectivity index (χ2n) is 7.27. The summed E-state index contributed by atoms with van der Waals surface area (Å²) in [6, 6.07) is 15.8. The Morgan fingerprint density at radius 1 is 1.07 bits per heavy atom. The second kappa shape index (κ2) is 8.49. The van der Waals surface area contributed by atoms with Crippen LogP contribution in [0.2, 0.25) is 0 Å². The zero-order valence-electron chi connectivity index (χ0n) is 16.5. The minimum atomic E-state index is -3.37. The van der Waals surface area contributed by atoms with Crippen LogP contribution in [0.25, 0.3) is 10.9 Å². The van der Waals surface area contributed by atoms with E-state index < -0.39 is 10.0 Å². The summed E-state index contributed by atoms with van der Waals surface area (Å²) < 4.78 is 32.5. The van der Waals surface area contributed by atoms with Gasteiger partial charge in [-0.1, -0.05) is 35.9 Å². The van der Waals surface area contributed by atoms with E-state index in [9.17, 15) is 8.42 Å². The summed E-state index contributed by atoms with van der Waals surface area (Å²) >= 11 is 0. The molecule has 0 aliphatic carbocycles. The molecule has 152 valence electrons. The maximum absolute atomic E-state index is 12.8. The van der Waals surface area contributed by atoms with Crippen LogP contribution in [0.4, 0.5) is 5.69 Å². The summed E-state index contributed by atoms with van der Waals surface area (Å²) in [7, 11) is -3.37. The van der Waals surface area contributed by atoms with Crippen molar-refractivity contribution >= 4 is 26.6 Å². The summed E-state index contributed by atoms with van der Waals surface area (Å²) in [5.41, 5.74) is 4.89. The lowest BCUT2D eigenvalue weighted by Gasteiger charge is -2.26. The highest BCUT2D eigenvalue weighted by molar-refractivity contribution is 7.88. The summed E-state index contributed by atoms with van der Waals surface area (Å²) in [6.45, 7) is 4.36. The lowest BCUT2D eigenvalue weighted by Crippen LogP contribution is -2.41. The van der Waals surface area contributed by atoms with Crippen molar-refractivity contribution in [1.82, 2.24) is 9.29 Å². The zero-order chi connectivity index (χ0) is 20.3. The van der Waals surface area contributed by atoms with Gasteiger partial charge in [0.05, 0.1) is 24.5 Å². The standard InChI is InChI=1S/C22H25N3O3S/c1-17-6-7-21-20(14-17)22(8-9-23-21)24-15-18-4-2-3-5-19(18)16-29(26,27)25-10-12-28-13-11-25/h2-9,14H,10-13,15-16H2,1H3,(H,23,24). The topological polar surface area (TPSA) is 71.5 Å². The number of pyridine rings is 1. The van der Waals surface area contributed by atoms with Crippen molar-refractivity contribution in [3.8, 4) is 0 Å². The minimum absolute atomic E-state index is 0.00105. The van der Waals surface area contributed by atoms with Crippen LogP contribution in [0.15, 0.2) is 54.7 Å². The van der Waals surface area contributed by atoms with Crippen LogP contribution in [0.3, 0.4) is 0 Å². The van der Waals surface area contributed by atoms with Gasteiger partial charge < -0.3 is 10.1 Å². The second-order valence-corrected chi connectivity index (χ2v) is 9.24. The quantitative estimate of drug-likeness (QED) is 0.674. The van der Waals surface area contributed by atoms with Gasteiger partial charge in [0.2, 0.25) is 10.0 Å². The Balaban J connectivity index is 1.54. The average Bonchev–Trinajstić information content (AvgIpc) is 2.73. The number of anilines is 1. The fraction of sp³-hybridized carbons (Fsp3) is 0.318. The monoisotopic (exact) mass is 411 g/mol. The van der Waals surface area contributed by atoms with Gasteiger partial charge in [0.1, 0.15) is 0 Å². The molecule has 2 aromatic carbocycles. The first kappa shape index (κ1) is 19.8. The lowest BCUT2D eigenvalue weighted by atomic mass is 10.1. The van der Waals surface area contributed by atoms with Gasteiger partial charge in [-0.25, -0.2) is 8.42 Å². The molecule has 2 heterocycles. The number of hydrogen-bond donors (Lipinski definition) is 1. The third-order valence-corrected chi connectivity index (χ3v) is 7.01. The Bertz CT molecular complexity index is 1110. The molecule has 0 atom stereocenters. The number of rotatable bonds is 6. The molecule has 4 rings (SSSR count). The predicted molar refractivity (Wildman–Crippen MR) is 115 cm³/mol. The number of sulfonamides is 1. The van der Waals surface area contributed by atoms with E-state index in [1.807, 2.05) is 42.5 Å². The maximum Gasteiger partial charge on any atom is 0.218 e. The first-order chi connectivity index (χ1) is 14.0. The van der Waals surface area contributed by atoms with Crippen molar-refractivity contribution in [3.63, 3.8) is 0 Å². The van der Waals surface area contributed by atoms with Crippen molar-refractivity contribution in [3.05, 3.63) is 71.4 Å². The zero-order valence-corrected chi connectivity index (χ0v) is 17.3. The Hall–Kier alpha value is -2.48. The predicted octanol–water partition coefficient (Wildman–Crippen LogP) is 3.32. The van der Waals surface area contributed by atoms with Crippen LogP contribution in [0.1, 0.15) is 16.7 Å². The number of nitrogens with one attached hydrogen (secondary N) is 1. The highest BCUT2D eigenvalue weighted by atomic mass is 32.2. The number of ether oxygens (including phenoxy) is 1. The molecule has 1 aromatic heterocycles. The third kappa shape index (κ3) is 4.58. The van der Waals surface area contributed by atoms with Gasteiger partial charge >= 0.3 is 0 Å². The molecule has 1 N–H and O–H groups in total. The number of fused-ring (bicyclic) bond motifs is 1. The summed E-state index contributed by atoms with van der Waals surface area (Å²) in [6.07, 6.45) is 1.79. The highest BCUT2D eigenvalue weighted by Gasteiger charge is 2.25. The molecule has 0 bridgehead atoms. The van der Waals surface area contributed by atoms with Crippen molar-refractivity contribution < 1.29 is 13.2 Å². The van der Waals surface area contributed by atoms with E-state index in [1.165, 1.54) is 9.87 Å². The minimum Gasteiger partial charge on any atom is -0.380 e. The van der Waals surface area contributed by atoms with Gasteiger partial charge in [0, 0.05) is 36.9 Å². The van der Waals surface area contributed by atoms with Crippen molar-refractivity contribution in [2.75, 3.05) is 31.6 Å². The summed E-state index contributed by atoms with van der Waals surface area (Å²) in [5.74, 6) is 0.00105. The molecular weight excluding hydrogens is 386 g/mol. The van der Waals surface area contributed by atoms with Crippen LogP contribution in [-0.4, -0.2) is 44.0 Å². The van der Waals surface area contributed by atoms with E-state index in [4.69, 9.17) is 4.74 Å². The number of aryl methyl sites for hydroxylation is 1. The van der Waals surface area contributed by atoms with Crippen LogP contribution in [0, 0.1) is 6.92 Å². The van der Waals surface area contributed by atoms with Gasteiger partial charge in [-0.3, -0.25) is 4.98 Å². The first-order valence-corrected chi connectivity index (χ1v) is 11.4. The van der Waals surface area contributed by atoms with Crippen LogP contribution in [0.5, 0.6) is 0 Å². The largest absolute Gasteiger partial charge is 0.380 e. The SMILES string of the molecule is Cc1ccc2nccc(NCc3ccccc3CS(=O)(=O)N3CCOCC3)c2c1.